The van der Waals surface area contributed by atoms with Crippen LogP contribution in [0.1, 0.15) is 0 Å². The van der Waals surface area contributed by atoms with Gasteiger partial charge in [-0.3, -0.25) is 0 Å². The number of hydrogen-bond donors (Lipinski definition) is 2. The molecule has 2 N–H and O–H groups in total. The molecule has 0 saturated heterocycles. The second kappa shape index (κ2) is 8.34. The van der Waals surface area contributed by atoms with Crippen molar-refractivity contribution < 1.29 is 34.6 Å². The van der Waals surface area contributed by atoms with Gasteiger partial charge in [0.05, 0.1) is 0 Å². The van der Waals surface area contributed by atoms with E-state index >= 15 is 0 Å². The Kier molecular flexibility index (Phi) is 6.76. The maximum atomic E-state index is 8.48. The topological polar surface area (TPSA) is 40.5 Å². The van der Waals surface area contributed by atoms with E-state index in [1.165, 1.54) is 11.3 Å². The Bertz CT molecular complexity index is 518. The van der Waals surface area contributed by atoms with Crippen molar-refractivity contribution in [3.8, 4) is 0 Å². The van der Waals surface area contributed by atoms with Gasteiger partial charge in [-0.15, -0.1) is 0 Å². The summed E-state index contributed by atoms with van der Waals surface area (Å²) >= 11 is 4.34. The molecule has 2 nitrogen and oxygen atoms in total. The number of hydrogen-bond acceptors (Lipinski definition) is 5. The van der Waals surface area contributed by atoms with E-state index in [2.05, 4.69) is 35.0 Å². The van der Waals surface area contributed by atoms with Crippen molar-refractivity contribution in [1.29, 1.82) is 0 Å². The summed E-state index contributed by atoms with van der Waals surface area (Å²) in [5.41, 5.74) is 0. The molecule has 19 heavy (non-hydrogen) atoms. The van der Waals surface area contributed by atoms with Crippen LogP contribution in [0.4, 0.5) is 0 Å². The molecule has 0 saturated carbocycles. The van der Waals surface area contributed by atoms with Crippen LogP contribution in [0.2, 0.25) is 0 Å². The Labute approximate surface area is 137 Å². The fraction of sp³-hybridized carbons (Fsp3) is 0. The van der Waals surface area contributed by atoms with Crippen LogP contribution in [-0.2, 0) is 24.6 Å². The van der Waals surface area contributed by atoms with E-state index in [9.17, 15) is 0 Å². The zero-order valence-corrected chi connectivity index (χ0v) is 18.0. The quantitative estimate of drug-likeness (QED) is 0.539. The molecule has 0 amide bonds. The Morgan fingerprint density at radius 3 is 1.63 bits per heavy atom. The average Bonchev–Trinajstić information content (AvgIpc) is 3.14. The number of rotatable bonds is 3. The Morgan fingerprint density at radius 1 is 0.789 bits per heavy atom. The van der Waals surface area contributed by atoms with Crippen LogP contribution in [0.25, 0.3) is 0 Å². The standard InChI is InChI=1S/C4H5BO2S.2C4H3S.Hg/c6-5(7)4-2-1-3-8-4;2*1-2-4-5-3-1;/h1-3,6-7H;2*1-3H;. The molecule has 3 heterocycles. The third-order valence-corrected chi connectivity index (χ3v) is 15.6. The molecule has 0 fully saturated rings. The third kappa shape index (κ3) is 5.49. The van der Waals surface area contributed by atoms with E-state index in [1.807, 2.05) is 22.7 Å². The van der Waals surface area contributed by atoms with Gasteiger partial charge in [-0.1, -0.05) is 12.1 Å². The zero-order valence-electron chi connectivity index (χ0n) is 10.1. The summed E-state index contributed by atoms with van der Waals surface area (Å²) < 4.78 is 3.94. The van der Waals surface area contributed by atoms with Crippen molar-refractivity contribution in [3.05, 3.63) is 52.5 Å². The van der Waals surface area contributed by atoms with Gasteiger partial charge < -0.3 is 10.0 Å². The summed E-state index contributed by atoms with van der Waals surface area (Å²) in [7, 11) is -1.30. The van der Waals surface area contributed by atoms with E-state index in [0.29, 0.717) is 4.78 Å². The molecule has 0 aliphatic rings. The molecule has 0 radical (unpaired) electrons. The van der Waals surface area contributed by atoms with E-state index < -0.39 is 31.7 Å². The van der Waals surface area contributed by atoms with Gasteiger partial charge in [-0.05, 0) is 5.38 Å². The van der Waals surface area contributed by atoms with Gasteiger partial charge in [0.15, 0.2) is 0 Å². The van der Waals surface area contributed by atoms with E-state index in [4.69, 9.17) is 10.0 Å². The molecule has 3 aromatic rings. The molecule has 0 atom stereocenters. The minimum atomic E-state index is -1.30. The molecule has 0 bridgehead atoms. The fourth-order valence-corrected chi connectivity index (χ4v) is 14.2. The summed E-state index contributed by atoms with van der Waals surface area (Å²) in [6.45, 7) is 0. The Balaban J connectivity index is 0.000000148. The number of thiophene rings is 3. The summed E-state index contributed by atoms with van der Waals surface area (Å²) in [5.74, 6) is 0. The van der Waals surface area contributed by atoms with E-state index in [1.54, 1.807) is 22.3 Å². The minimum absolute atomic E-state index is 0.588. The van der Waals surface area contributed by atoms with Gasteiger partial charge in [0, 0.05) is 4.78 Å². The van der Waals surface area contributed by atoms with Crippen LogP contribution in [0.3, 0.4) is 0 Å². The average molecular weight is 495 g/mol. The fourth-order valence-electron chi connectivity index (χ4n) is 1.44. The van der Waals surface area contributed by atoms with Crippen molar-refractivity contribution in [2.75, 3.05) is 0 Å². The van der Waals surface area contributed by atoms with E-state index in [-0.39, 0.29) is 0 Å². The van der Waals surface area contributed by atoms with Crippen LogP contribution < -0.4 is 9.55 Å². The van der Waals surface area contributed by atoms with Crippen LogP contribution in [0.15, 0.2) is 52.5 Å². The zero-order chi connectivity index (χ0) is 13.5. The SMILES string of the molecule is OB(O)c1cccs1.c1cs[c]([Hg][c]2cccs2)c1. The second-order valence-corrected chi connectivity index (χ2v) is 18.1. The first-order chi connectivity index (χ1) is 9.25. The van der Waals surface area contributed by atoms with Gasteiger partial charge in [-0.2, -0.15) is 11.3 Å². The predicted molar refractivity (Wildman–Crippen MR) is 82.1 cm³/mol. The van der Waals surface area contributed by atoms with Crippen LogP contribution >= 0.6 is 34.0 Å². The van der Waals surface area contributed by atoms with Crippen LogP contribution in [-0.4, -0.2) is 17.2 Å². The van der Waals surface area contributed by atoms with E-state index in [0.717, 1.165) is 0 Å². The molecule has 3 aromatic heterocycles. The van der Waals surface area contributed by atoms with Crippen molar-refractivity contribution in [1.82, 2.24) is 0 Å². The third-order valence-electron chi connectivity index (χ3n) is 2.31. The predicted octanol–water partition coefficient (Wildman–Crippen LogP) is 1.27. The first kappa shape index (κ1) is 15.4. The van der Waals surface area contributed by atoms with Crippen LogP contribution in [0.5, 0.6) is 0 Å². The van der Waals surface area contributed by atoms with Gasteiger partial charge in [0.25, 0.3) is 0 Å². The molecule has 0 aliphatic carbocycles. The maximum absolute atomic E-state index is 8.48. The van der Waals surface area contributed by atoms with Crippen molar-refractivity contribution in [2.24, 2.45) is 0 Å². The molecule has 3 rings (SSSR count). The van der Waals surface area contributed by atoms with Crippen molar-refractivity contribution in [3.63, 3.8) is 0 Å². The first-order valence-electron chi connectivity index (χ1n) is 5.70. The summed E-state index contributed by atoms with van der Waals surface area (Å²) in [4.78, 5) is 0. The molecule has 94 valence electrons. The Morgan fingerprint density at radius 2 is 1.32 bits per heavy atom. The van der Waals surface area contributed by atoms with Gasteiger partial charge in [0.2, 0.25) is 0 Å². The summed E-state index contributed by atoms with van der Waals surface area (Å²) in [5, 5.41) is 23.1. The first-order valence-corrected chi connectivity index (χ1v) is 13.8. The summed E-state index contributed by atoms with van der Waals surface area (Å²) in [6, 6.07) is 12.3. The monoisotopic (exact) mass is 496 g/mol. The van der Waals surface area contributed by atoms with Gasteiger partial charge >= 0.3 is 94.2 Å². The van der Waals surface area contributed by atoms with Crippen molar-refractivity contribution in [2.45, 2.75) is 0 Å². The molecule has 0 spiro atoms. The molecular weight excluding hydrogens is 484 g/mol. The Hall–Kier alpha value is 0.0200. The van der Waals surface area contributed by atoms with Crippen molar-refractivity contribution >= 4 is 50.7 Å². The molecule has 0 aromatic carbocycles. The van der Waals surface area contributed by atoms with Gasteiger partial charge in [0.1, 0.15) is 0 Å². The normalized spacial score (nSPS) is 9.37. The molecule has 0 aliphatic heterocycles. The second-order valence-electron chi connectivity index (χ2n) is 3.72. The molecular formula is C12H11BHgO2S3. The summed E-state index contributed by atoms with van der Waals surface area (Å²) in [6.07, 6.45) is 0. The molecule has 0 unspecified atom stereocenters. The molecule has 7 heteroatoms. The van der Waals surface area contributed by atoms with Gasteiger partial charge in [-0.25, -0.2) is 0 Å². The van der Waals surface area contributed by atoms with Crippen LogP contribution in [0, 0.1) is 0 Å².